The molecule has 2 saturated heterocycles. The van der Waals surface area contributed by atoms with Crippen molar-refractivity contribution in [2.75, 3.05) is 11.1 Å². The Morgan fingerprint density at radius 3 is 2.70 bits per heavy atom. The first-order chi connectivity index (χ1) is 10.9. The lowest BCUT2D eigenvalue weighted by atomic mass is 10.2. The van der Waals surface area contributed by atoms with E-state index in [-0.39, 0.29) is 16.7 Å². The molecule has 1 aromatic rings. The Balaban J connectivity index is 1.67. The Morgan fingerprint density at radius 1 is 1.35 bits per heavy atom. The zero-order valence-electron chi connectivity index (χ0n) is 13.0. The number of nitrogens with zero attached hydrogens (tertiary/aromatic N) is 1. The largest absolute Gasteiger partial charge is 0.425 e. The molecule has 2 heterocycles. The number of fused-ring (bicyclic) bond motifs is 1. The molecule has 0 spiro atoms. The summed E-state index contributed by atoms with van der Waals surface area (Å²) in [6.07, 6.45) is 1.25. The van der Waals surface area contributed by atoms with Crippen molar-refractivity contribution in [3.05, 3.63) is 24.3 Å². The zero-order valence-corrected chi connectivity index (χ0v) is 13.8. The highest BCUT2D eigenvalue weighted by Crippen LogP contribution is 2.47. The lowest BCUT2D eigenvalue weighted by molar-refractivity contribution is -0.146. The minimum atomic E-state index is -0.532. The highest BCUT2D eigenvalue weighted by molar-refractivity contribution is 8.01. The zero-order chi connectivity index (χ0) is 16.6. The summed E-state index contributed by atoms with van der Waals surface area (Å²) >= 11 is 1.63. The molecule has 2 aliphatic heterocycles. The summed E-state index contributed by atoms with van der Waals surface area (Å²) < 4.78 is 5.40. The highest BCUT2D eigenvalue weighted by Gasteiger charge is 2.53. The normalized spacial score (nSPS) is 26.1. The second-order valence-corrected chi connectivity index (χ2v) is 7.39. The number of esters is 1. The Labute approximate surface area is 138 Å². The van der Waals surface area contributed by atoms with E-state index >= 15 is 0 Å². The van der Waals surface area contributed by atoms with E-state index in [0.29, 0.717) is 23.6 Å². The van der Waals surface area contributed by atoms with Gasteiger partial charge in [0.1, 0.15) is 11.8 Å². The van der Waals surface area contributed by atoms with Gasteiger partial charge in [-0.2, -0.15) is 0 Å². The molecule has 1 aromatic carbocycles. The van der Waals surface area contributed by atoms with Crippen LogP contribution in [0.3, 0.4) is 0 Å². The van der Waals surface area contributed by atoms with Crippen molar-refractivity contribution >= 4 is 35.2 Å². The number of benzene rings is 1. The average Bonchev–Trinajstić information content (AvgIpc) is 2.98. The van der Waals surface area contributed by atoms with E-state index in [0.717, 1.165) is 6.42 Å². The molecular formula is C16H18N2O4S. The first-order valence-electron chi connectivity index (χ1n) is 7.44. The fraction of sp³-hybridized carbons (Fsp3) is 0.438. The van der Waals surface area contributed by atoms with Crippen molar-refractivity contribution in [2.45, 2.75) is 37.6 Å². The van der Waals surface area contributed by atoms with Crippen LogP contribution in [0.4, 0.5) is 5.69 Å². The van der Waals surface area contributed by atoms with E-state index in [4.69, 9.17) is 4.74 Å². The van der Waals surface area contributed by atoms with Crippen molar-refractivity contribution in [3.63, 3.8) is 0 Å². The molecule has 6 nitrogen and oxygen atoms in total. The number of hydrogen-bond acceptors (Lipinski definition) is 5. The van der Waals surface area contributed by atoms with E-state index in [9.17, 15) is 14.4 Å². The second-order valence-electron chi connectivity index (χ2n) is 5.89. The SMILES string of the molecule is CC(=O)Nc1ccc(OC(=O)[C@H]2CS[C@@]3(C)CCC(=O)N23)cc1. The molecule has 122 valence electrons. The summed E-state index contributed by atoms with van der Waals surface area (Å²) in [6, 6.07) is 6.04. The number of rotatable bonds is 3. The van der Waals surface area contributed by atoms with Gasteiger partial charge in [-0.05, 0) is 37.6 Å². The maximum Gasteiger partial charge on any atom is 0.335 e. The summed E-state index contributed by atoms with van der Waals surface area (Å²) in [6.45, 7) is 3.42. The third kappa shape index (κ3) is 3.06. The van der Waals surface area contributed by atoms with Gasteiger partial charge in [0.2, 0.25) is 11.8 Å². The lowest BCUT2D eigenvalue weighted by Gasteiger charge is -2.29. The van der Waals surface area contributed by atoms with E-state index < -0.39 is 12.0 Å². The monoisotopic (exact) mass is 334 g/mol. The molecular weight excluding hydrogens is 316 g/mol. The molecule has 0 aliphatic carbocycles. The molecule has 2 aliphatic rings. The van der Waals surface area contributed by atoms with Gasteiger partial charge in [0.05, 0.1) is 4.87 Å². The number of anilines is 1. The van der Waals surface area contributed by atoms with Gasteiger partial charge in [-0.25, -0.2) is 4.79 Å². The number of ether oxygens (including phenoxy) is 1. The van der Waals surface area contributed by atoms with Crippen LogP contribution in [0, 0.1) is 0 Å². The Bertz CT molecular complexity index is 661. The van der Waals surface area contributed by atoms with Gasteiger partial charge in [-0.15, -0.1) is 11.8 Å². The second kappa shape index (κ2) is 5.88. The third-order valence-electron chi connectivity index (χ3n) is 4.11. The molecule has 0 aromatic heterocycles. The molecule has 3 rings (SSSR count). The smallest absolute Gasteiger partial charge is 0.335 e. The van der Waals surface area contributed by atoms with Crippen molar-refractivity contribution in [3.8, 4) is 5.75 Å². The maximum absolute atomic E-state index is 12.4. The van der Waals surface area contributed by atoms with Crippen molar-refractivity contribution < 1.29 is 19.1 Å². The van der Waals surface area contributed by atoms with Gasteiger partial charge in [-0.3, -0.25) is 9.59 Å². The molecule has 23 heavy (non-hydrogen) atoms. The molecule has 0 radical (unpaired) electrons. The topological polar surface area (TPSA) is 75.7 Å². The van der Waals surface area contributed by atoms with Crippen LogP contribution in [0.1, 0.15) is 26.7 Å². The minimum Gasteiger partial charge on any atom is -0.425 e. The van der Waals surface area contributed by atoms with Gasteiger partial charge >= 0.3 is 5.97 Å². The summed E-state index contributed by atoms with van der Waals surface area (Å²) in [7, 11) is 0. The maximum atomic E-state index is 12.4. The van der Waals surface area contributed by atoms with Crippen molar-refractivity contribution in [1.82, 2.24) is 4.90 Å². The number of carbonyl (C=O) groups excluding carboxylic acids is 3. The van der Waals surface area contributed by atoms with Crippen LogP contribution in [0.2, 0.25) is 0 Å². The Kier molecular flexibility index (Phi) is 4.06. The summed E-state index contributed by atoms with van der Waals surface area (Å²) in [5.41, 5.74) is 0.635. The number of nitrogens with one attached hydrogen (secondary N) is 1. The van der Waals surface area contributed by atoms with E-state index in [2.05, 4.69) is 5.32 Å². The van der Waals surface area contributed by atoms with Gasteiger partial charge in [0.25, 0.3) is 0 Å². The molecule has 0 unspecified atom stereocenters. The van der Waals surface area contributed by atoms with Gasteiger partial charge < -0.3 is 15.0 Å². The summed E-state index contributed by atoms with van der Waals surface area (Å²) in [4.78, 5) is 36.8. The summed E-state index contributed by atoms with van der Waals surface area (Å²) in [5.74, 6) is 0.397. The number of thioether (sulfide) groups is 1. The molecule has 2 fully saturated rings. The fourth-order valence-electron chi connectivity index (χ4n) is 2.99. The molecule has 0 bridgehead atoms. The quantitative estimate of drug-likeness (QED) is 0.676. The van der Waals surface area contributed by atoms with Crippen LogP contribution in [0.5, 0.6) is 5.75 Å². The minimum absolute atomic E-state index is 0.0143. The van der Waals surface area contributed by atoms with E-state index in [1.54, 1.807) is 40.9 Å². The van der Waals surface area contributed by atoms with Crippen LogP contribution in [0.25, 0.3) is 0 Å². The number of hydrogen-bond donors (Lipinski definition) is 1. The van der Waals surface area contributed by atoms with Crippen molar-refractivity contribution in [2.24, 2.45) is 0 Å². The molecule has 1 N–H and O–H groups in total. The van der Waals surface area contributed by atoms with Gasteiger partial charge in [0, 0.05) is 24.8 Å². The van der Waals surface area contributed by atoms with E-state index in [1.165, 1.54) is 6.92 Å². The predicted octanol–water partition coefficient (Wildman–Crippen LogP) is 2.00. The lowest BCUT2D eigenvalue weighted by Crippen LogP contribution is -2.47. The number of carbonyl (C=O) groups is 3. The predicted molar refractivity (Wildman–Crippen MR) is 87.1 cm³/mol. The van der Waals surface area contributed by atoms with E-state index in [1.807, 2.05) is 6.92 Å². The van der Waals surface area contributed by atoms with Gasteiger partial charge in [0.15, 0.2) is 0 Å². The first kappa shape index (κ1) is 15.9. The number of amides is 2. The van der Waals surface area contributed by atoms with Crippen LogP contribution in [0.15, 0.2) is 24.3 Å². The van der Waals surface area contributed by atoms with Crippen molar-refractivity contribution in [1.29, 1.82) is 0 Å². The molecule has 0 saturated carbocycles. The van der Waals surface area contributed by atoms with Crippen LogP contribution >= 0.6 is 11.8 Å². The molecule has 7 heteroatoms. The average molecular weight is 334 g/mol. The molecule has 2 amide bonds. The summed E-state index contributed by atoms with van der Waals surface area (Å²) in [5, 5.41) is 2.65. The standard InChI is InChI=1S/C16H18N2O4S/c1-10(19)17-11-3-5-12(6-4-11)22-15(21)13-9-23-16(2)8-7-14(20)18(13)16/h3-6,13H,7-9H2,1-2H3,(H,17,19)/t13-,16+/m1/s1. The Morgan fingerprint density at radius 2 is 2.04 bits per heavy atom. The Hall–Kier alpha value is -2.02. The van der Waals surface area contributed by atoms with Crippen LogP contribution < -0.4 is 10.1 Å². The van der Waals surface area contributed by atoms with Crippen LogP contribution in [-0.4, -0.2) is 39.3 Å². The van der Waals surface area contributed by atoms with Gasteiger partial charge in [-0.1, -0.05) is 0 Å². The molecule has 2 atom stereocenters. The highest BCUT2D eigenvalue weighted by atomic mass is 32.2. The first-order valence-corrected chi connectivity index (χ1v) is 8.43. The van der Waals surface area contributed by atoms with Crippen LogP contribution in [-0.2, 0) is 14.4 Å². The fourth-order valence-corrected chi connectivity index (χ4v) is 4.41. The third-order valence-corrected chi connectivity index (χ3v) is 5.62.